The fourth-order valence-electron chi connectivity index (χ4n) is 2.23. The molecule has 0 N–H and O–H groups in total. The molecule has 0 aromatic heterocycles. The monoisotopic (exact) mass is 311 g/mol. The quantitative estimate of drug-likeness (QED) is 0.706. The van der Waals surface area contributed by atoms with Crippen LogP contribution < -0.4 is 0 Å². The molecule has 1 aliphatic heterocycles. The Hall–Kier alpha value is -0.451. The average molecular weight is 310 g/mol. The molecular formula is C11H15N2OSn. The third kappa shape index (κ3) is 1.61. The van der Waals surface area contributed by atoms with Crippen LogP contribution in [0.5, 0.6) is 0 Å². The van der Waals surface area contributed by atoms with Gasteiger partial charge in [-0.05, 0) is 0 Å². The molecule has 0 aromatic carbocycles. The van der Waals surface area contributed by atoms with E-state index in [0.717, 1.165) is 24.5 Å². The summed E-state index contributed by atoms with van der Waals surface area (Å²) in [6.07, 6.45) is 4.65. The second-order valence-corrected chi connectivity index (χ2v) is 5.18. The zero-order valence-corrected chi connectivity index (χ0v) is 12.0. The van der Waals surface area contributed by atoms with Crippen molar-refractivity contribution in [2.24, 2.45) is 0 Å². The Morgan fingerprint density at radius 3 is 2.67 bits per heavy atom. The number of carbonyl (C=O) groups excluding carboxylic acids is 1. The van der Waals surface area contributed by atoms with Gasteiger partial charge in [0.25, 0.3) is 0 Å². The summed E-state index contributed by atoms with van der Waals surface area (Å²) in [7, 11) is 0. The number of nitrogens with zero attached hydrogens (tertiary/aromatic N) is 2. The van der Waals surface area contributed by atoms with E-state index in [1.54, 1.807) is 0 Å². The van der Waals surface area contributed by atoms with Crippen molar-refractivity contribution >= 4 is 28.3 Å². The van der Waals surface area contributed by atoms with Crippen LogP contribution in [0.2, 0.25) is 0 Å². The first-order valence-electron chi connectivity index (χ1n) is 5.39. The van der Waals surface area contributed by atoms with Crippen LogP contribution in [-0.4, -0.2) is 55.4 Å². The molecule has 1 aliphatic carbocycles. The van der Waals surface area contributed by atoms with E-state index < -0.39 is 0 Å². The summed E-state index contributed by atoms with van der Waals surface area (Å²) >= 11 is 1.45. The van der Waals surface area contributed by atoms with E-state index in [1.165, 1.54) is 22.5 Å². The molecule has 0 aromatic rings. The van der Waals surface area contributed by atoms with Gasteiger partial charge in [0, 0.05) is 0 Å². The van der Waals surface area contributed by atoms with Gasteiger partial charge in [0.15, 0.2) is 0 Å². The molecule has 0 fully saturated rings. The van der Waals surface area contributed by atoms with Crippen molar-refractivity contribution in [2.45, 2.75) is 24.4 Å². The van der Waals surface area contributed by atoms with Gasteiger partial charge in [-0.3, -0.25) is 0 Å². The Morgan fingerprint density at radius 1 is 1.40 bits per heavy atom. The van der Waals surface area contributed by atoms with E-state index in [4.69, 9.17) is 0 Å². The van der Waals surface area contributed by atoms with Crippen LogP contribution in [0.4, 0.5) is 0 Å². The molecule has 1 atom stereocenters. The zero-order chi connectivity index (χ0) is 11.0. The van der Waals surface area contributed by atoms with Gasteiger partial charge in [0.1, 0.15) is 0 Å². The Bertz CT molecular complexity index is 348. The van der Waals surface area contributed by atoms with Crippen LogP contribution in [-0.2, 0) is 4.79 Å². The van der Waals surface area contributed by atoms with Crippen molar-refractivity contribution < 1.29 is 4.79 Å². The van der Waals surface area contributed by atoms with E-state index >= 15 is 0 Å². The number of carbonyl (C=O) groups is 1. The van der Waals surface area contributed by atoms with Crippen LogP contribution in [0, 0.1) is 0 Å². The minimum atomic E-state index is 0.276. The molecule has 2 aliphatic rings. The Morgan fingerprint density at radius 2 is 2.07 bits per heavy atom. The van der Waals surface area contributed by atoms with E-state index in [1.807, 2.05) is 6.08 Å². The summed E-state index contributed by atoms with van der Waals surface area (Å²) in [5, 5.41) is 0. The number of ketones is 1. The third-order valence-electron chi connectivity index (χ3n) is 2.95. The minimum absolute atomic E-state index is 0.276. The molecule has 0 saturated carbocycles. The number of Topliss-reactive ketones (excluding diaryl/α,β-unsaturated/α-hetero) is 1. The molecule has 4 heteroatoms. The predicted molar refractivity (Wildman–Crippen MR) is 60.1 cm³/mol. The normalized spacial score (nSPS) is 25.3. The van der Waals surface area contributed by atoms with Crippen molar-refractivity contribution in [3.05, 3.63) is 23.5 Å². The number of hydrogen-bond acceptors (Lipinski definition) is 3. The summed E-state index contributed by atoms with van der Waals surface area (Å²) in [6, 6.07) is 0. The van der Waals surface area contributed by atoms with Crippen molar-refractivity contribution in [3.63, 3.8) is 0 Å². The fraction of sp³-hybridized carbons (Fsp3) is 0.545. The summed E-state index contributed by atoms with van der Waals surface area (Å²) in [5.74, 6) is 0.276. The Kier molecular flexibility index (Phi) is 3.09. The maximum absolute atomic E-state index is 11.9. The molecular weight excluding hydrogens is 295 g/mol. The second-order valence-electron chi connectivity index (χ2n) is 3.71. The first-order chi connectivity index (χ1) is 7.20. The second kappa shape index (κ2) is 4.20. The topological polar surface area (TPSA) is 23.6 Å². The molecule has 0 bridgehead atoms. The van der Waals surface area contributed by atoms with Crippen LogP contribution in [0.1, 0.15) is 20.3 Å². The molecule has 15 heavy (non-hydrogen) atoms. The first-order valence-corrected chi connectivity index (χ1v) is 7.03. The number of hydrogen-bond donors (Lipinski definition) is 0. The van der Waals surface area contributed by atoms with Gasteiger partial charge in [-0.15, -0.1) is 0 Å². The standard InChI is InChI=1S/C11H15N2O.Sn/c1-3-12-8-13(4-2)11-9(12)6-5-7-10(11)14;/h5-6,8H,3-4,7H2,1-2H3;. The van der Waals surface area contributed by atoms with E-state index in [2.05, 4.69) is 29.7 Å². The van der Waals surface area contributed by atoms with Crippen molar-refractivity contribution in [2.75, 3.05) is 13.1 Å². The Balaban J connectivity index is 2.43. The maximum atomic E-state index is 11.9. The summed E-state index contributed by atoms with van der Waals surface area (Å²) in [4.78, 5) is 16.4. The molecule has 3 nitrogen and oxygen atoms in total. The van der Waals surface area contributed by atoms with Crippen molar-refractivity contribution in [1.29, 1.82) is 0 Å². The number of likely N-dealkylation sites (N-methyl/N-ethyl adjacent to an activating group) is 2. The van der Waals surface area contributed by atoms with E-state index in [-0.39, 0.29) is 5.78 Å². The van der Waals surface area contributed by atoms with E-state index in [9.17, 15) is 4.79 Å². The molecule has 0 spiro atoms. The predicted octanol–water partition coefficient (Wildman–Crippen LogP) is 0.837. The molecule has 0 amide bonds. The molecule has 3 radical (unpaired) electrons. The summed E-state index contributed by atoms with van der Waals surface area (Å²) < 4.78 is 0.406. The molecule has 0 saturated heterocycles. The van der Waals surface area contributed by atoms with Crippen LogP contribution in [0.15, 0.2) is 23.5 Å². The average Bonchev–Trinajstić information content (AvgIpc) is 2.51. The third-order valence-corrected chi connectivity index (χ3v) is 4.73. The van der Waals surface area contributed by atoms with Gasteiger partial charge >= 0.3 is 104 Å². The number of allylic oxidation sites excluding steroid dienone is 3. The van der Waals surface area contributed by atoms with Crippen LogP contribution in [0.3, 0.4) is 0 Å². The number of rotatable bonds is 2. The molecule has 2 rings (SSSR count). The van der Waals surface area contributed by atoms with E-state index in [0.29, 0.717) is 10.6 Å². The van der Waals surface area contributed by atoms with Crippen LogP contribution in [0.25, 0.3) is 0 Å². The van der Waals surface area contributed by atoms with Gasteiger partial charge < -0.3 is 0 Å². The zero-order valence-electron chi connectivity index (χ0n) is 9.16. The molecule has 1 unspecified atom stereocenters. The van der Waals surface area contributed by atoms with Crippen molar-refractivity contribution in [1.82, 2.24) is 9.80 Å². The summed E-state index contributed by atoms with van der Waals surface area (Å²) in [5.41, 5.74) is 2.08. The molecule has 1 heterocycles. The van der Waals surface area contributed by atoms with Crippen LogP contribution >= 0.6 is 0 Å². The fourth-order valence-corrected chi connectivity index (χ4v) is 4.04. The van der Waals surface area contributed by atoms with Gasteiger partial charge in [0.05, 0.1) is 0 Å². The van der Waals surface area contributed by atoms with Gasteiger partial charge in [-0.2, -0.15) is 0 Å². The van der Waals surface area contributed by atoms with Crippen molar-refractivity contribution in [3.8, 4) is 0 Å². The summed E-state index contributed by atoms with van der Waals surface area (Å²) in [6.45, 7) is 6.16. The SMILES string of the molecule is CCN1C2=C(C(=O)CC=C2)N(CC)[CH]1[Sn]. The van der Waals surface area contributed by atoms with Gasteiger partial charge in [-0.25, -0.2) is 0 Å². The Labute approximate surface area is 104 Å². The van der Waals surface area contributed by atoms with Gasteiger partial charge in [0.2, 0.25) is 0 Å². The first kappa shape index (κ1) is 11.0. The van der Waals surface area contributed by atoms with Gasteiger partial charge in [-0.1, -0.05) is 0 Å². The molecule has 79 valence electrons.